The van der Waals surface area contributed by atoms with E-state index in [1.165, 1.54) is 18.5 Å². The van der Waals surface area contributed by atoms with Crippen LogP contribution in [0.1, 0.15) is 30.8 Å². The van der Waals surface area contributed by atoms with E-state index >= 15 is 0 Å². The van der Waals surface area contributed by atoms with Crippen molar-refractivity contribution in [2.75, 3.05) is 5.32 Å². The molecule has 0 spiro atoms. The third kappa shape index (κ3) is 4.78. The molecule has 0 aliphatic rings. The number of ether oxygens (including phenoxy) is 1. The topological polar surface area (TPSA) is 88.6 Å². The van der Waals surface area contributed by atoms with Crippen molar-refractivity contribution in [3.8, 4) is 23.1 Å². The minimum atomic E-state index is -4.66. The summed E-state index contributed by atoms with van der Waals surface area (Å²) in [4.78, 5) is 12.7. The van der Waals surface area contributed by atoms with E-state index in [0.717, 1.165) is 6.07 Å². The standard InChI is InChI=1S/C24H21F3N6O/c1-14(2)30-22-6-4-5-16(31-22)12-34-21-8-7-15(9-17(21)24(25,26)27)18-10-20-23(19(11-28)32-18)29-13-33(20)3/h4-10,13-14H,12H2,1-3H3,(H,30,31). The molecule has 0 unspecified atom stereocenters. The largest absolute Gasteiger partial charge is 0.487 e. The second kappa shape index (κ2) is 9.02. The lowest BCUT2D eigenvalue weighted by atomic mass is 10.1. The van der Waals surface area contributed by atoms with Gasteiger partial charge in [-0.2, -0.15) is 18.4 Å². The first-order valence-corrected chi connectivity index (χ1v) is 10.4. The number of rotatable bonds is 6. The van der Waals surface area contributed by atoms with E-state index in [1.54, 1.807) is 35.9 Å². The third-order valence-electron chi connectivity index (χ3n) is 5.02. The van der Waals surface area contributed by atoms with Gasteiger partial charge in [0, 0.05) is 18.7 Å². The molecule has 4 rings (SSSR count). The Morgan fingerprint density at radius 3 is 2.65 bits per heavy atom. The van der Waals surface area contributed by atoms with Crippen molar-refractivity contribution in [2.24, 2.45) is 7.05 Å². The summed E-state index contributed by atoms with van der Waals surface area (Å²) in [5.41, 5.74) is 1.03. The predicted molar refractivity (Wildman–Crippen MR) is 121 cm³/mol. The molecule has 3 aromatic heterocycles. The molecule has 0 fully saturated rings. The van der Waals surface area contributed by atoms with E-state index in [9.17, 15) is 18.4 Å². The van der Waals surface area contributed by atoms with Crippen LogP contribution in [0.2, 0.25) is 0 Å². The average molecular weight is 466 g/mol. The number of alkyl halides is 3. The van der Waals surface area contributed by atoms with E-state index in [1.807, 2.05) is 19.9 Å². The minimum absolute atomic E-state index is 0.0444. The first kappa shape index (κ1) is 23.0. The monoisotopic (exact) mass is 466 g/mol. The maximum atomic E-state index is 13.9. The normalized spacial score (nSPS) is 11.6. The molecule has 3 heterocycles. The van der Waals surface area contributed by atoms with Gasteiger partial charge in [-0.1, -0.05) is 6.07 Å². The Morgan fingerprint density at radius 1 is 1.15 bits per heavy atom. The lowest BCUT2D eigenvalue weighted by molar-refractivity contribution is -0.139. The molecule has 0 aliphatic carbocycles. The number of halogens is 3. The summed E-state index contributed by atoms with van der Waals surface area (Å²) in [6.45, 7) is 3.79. The van der Waals surface area contributed by atoms with E-state index < -0.39 is 11.7 Å². The number of nitrogens with one attached hydrogen (secondary N) is 1. The van der Waals surface area contributed by atoms with Crippen LogP contribution in [-0.4, -0.2) is 25.6 Å². The lowest BCUT2D eigenvalue weighted by Crippen LogP contribution is -2.12. The fraction of sp³-hybridized carbons (Fsp3) is 0.250. The quantitative estimate of drug-likeness (QED) is 0.414. The maximum absolute atomic E-state index is 13.9. The van der Waals surface area contributed by atoms with Crippen LogP contribution in [0.3, 0.4) is 0 Å². The number of fused-ring (bicyclic) bond motifs is 1. The van der Waals surface area contributed by atoms with Gasteiger partial charge in [-0.3, -0.25) is 0 Å². The first-order chi connectivity index (χ1) is 16.2. The molecule has 4 aromatic rings. The van der Waals surface area contributed by atoms with Gasteiger partial charge in [0.25, 0.3) is 0 Å². The Bertz CT molecular complexity index is 1390. The van der Waals surface area contributed by atoms with E-state index in [4.69, 9.17) is 4.74 Å². The molecular formula is C24H21F3N6O. The number of hydrogen-bond acceptors (Lipinski definition) is 6. The van der Waals surface area contributed by atoms with Gasteiger partial charge >= 0.3 is 6.18 Å². The van der Waals surface area contributed by atoms with Crippen LogP contribution in [0.15, 0.2) is 48.8 Å². The molecule has 7 nitrogen and oxygen atoms in total. The molecule has 0 atom stereocenters. The van der Waals surface area contributed by atoms with Crippen molar-refractivity contribution < 1.29 is 17.9 Å². The van der Waals surface area contributed by atoms with Crippen LogP contribution < -0.4 is 10.1 Å². The van der Waals surface area contributed by atoms with Gasteiger partial charge in [-0.25, -0.2) is 15.0 Å². The Balaban J connectivity index is 1.67. The number of nitrogens with zero attached hydrogens (tertiary/aromatic N) is 5. The minimum Gasteiger partial charge on any atom is -0.487 e. The molecule has 0 saturated carbocycles. The number of nitriles is 1. The van der Waals surface area contributed by atoms with Crippen molar-refractivity contribution in [1.82, 2.24) is 19.5 Å². The Labute approximate surface area is 193 Å². The number of aromatic nitrogens is 4. The molecular weight excluding hydrogens is 445 g/mol. The molecule has 174 valence electrons. The highest BCUT2D eigenvalue weighted by atomic mass is 19.4. The number of benzene rings is 1. The summed E-state index contributed by atoms with van der Waals surface area (Å²) in [6, 6.07) is 12.7. The van der Waals surface area contributed by atoms with Crippen molar-refractivity contribution in [3.63, 3.8) is 0 Å². The fourth-order valence-electron chi connectivity index (χ4n) is 3.48. The van der Waals surface area contributed by atoms with Gasteiger partial charge in [-0.15, -0.1) is 0 Å². The molecule has 0 saturated heterocycles. The molecule has 10 heteroatoms. The molecule has 1 N–H and O–H groups in total. The number of imidazole rings is 1. The highest BCUT2D eigenvalue weighted by molar-refractivity contribution is 5.84. The summed E-state index contributed by atoms with van der Waals surface area (Å²) < 4.78 is 48.9. The second-order valence-corrected chi connectivity index (χ2v) is 8.00. The van der Waals surface area contributed by atoms with Crippen LogP contribution in [0.5, 0.6) is 5.75 Å². The van der Waals surface area contributed by atoms with Gasteiger partial charge in [0.15, 0.2) is 5.69 Å². The third-order valence-corrected chi connectivity index (χ3v) is 5.02. The summed E-state index contributed by atoms with van der Waals surface area (Å²) in [5, 5.41) is 12.6. The number of aryl methyl sites for hydroxylation is 1. The smallest absolute Gasteiger partial charge is 0.419 e. The molecule has 0 radical (unpaired) electrons. The van der Waals surface area contributed by atoms with Crippen LogP contribution in [-0.2, 0) is 19.8 Å². The van der Waals surface area contributed by atoms with Crippen LogP contribution in [0, 0.1) is 11.3 Å². The SMILES string of the molecule is CC(C)Nc1cccc(COc2ccc(-c3cc4c(ncn4C)c(C#N)n3)cc2C(F)(F)F)n1. The predicted octanol–water partition coefficient (Wildman–Crippen LogP) is 5.32. The average Bonchev–Trinajstić information content (AvgIpc) is 3.17. The van der Waals surface area contributed by atoms with Crippen LogP contribution >= 0.6 is 0 Å². The molecule has 0 aliphatic heterocycles. The van der Waals surface area contributed by atoms with Crippen molar-refractivity contribution in [3.05, 3.63) is 65.7 Å². The van der Waals surface area contributed by atoms with Crippen molar-refractivity contribution in [2.45, 2.75) is 32.7 Å². The van der Waals surface area contributed by atoms with Gasteiger partial charge in [0.05, 0.1) is 28.8 Å². The zero-order valence-corrected chi connectivity index (χ0v) is 18.7. The van der Waals surface area contributed by atoms with Gasteiger partial charge < -0.3 is 14.6 Å². The molecule has 34 heavy (non-hydrogen) atoms. The second-order valence-electron chi connectivity index (χ2n) is 8.00. The number of pyridine rings is 2. The van der Waals surface area contributed by atoms with Gasteiger partial charge in [0.1, 0.15) is 29.8 Å². The van der Waals surface area contributed by atoms with Gasteiger partial charge in [0.2, 0.25) is 0 Å². The van der Waals surface area contributed by atoms with Crippen LogP contribution in [0.4, 0.5) is 19.0 Å². The molecule has 0 bridgehead atoms. The molecule has 1 aromatic carbocycles. The summed E-state index contributed by atoms with van der Waals surface area (Å²) in [7, 11) is 1.73. The summed E-state index contributed by atoms with van der Waals surface area (Å²) >= 11 is 0. The zero-order chi connectivity index (χ0) is 24.5. The highest BCUT2D eigenvalue weighted by Gasteiger charge is 2.35. The number of hydrogen-bond donors (Lipinski definition) is 1. The van der Waals surface area contributed by atoms with E-state index in [2.05, 4.69) is 20.3 Å². The Kier molecular flexibility index (Phi) is 6.11. The summed E-state index contributed by atoms with van der Waals surface area (Å²) in [6.07, 6.45) is -3.14. The van der Waals surface area contributed by atoms with Crippen molar-refractivity contribution in [1.29, 1.82) is 5.26 Å². The van der Waals surface area contributed by atoms with E-state index in [0.29, 0.717) is 22.5 Å². The maximum Gasteiger partial charge on any atom is 0.419 e. The summed E-state index contributed by atoms with van der Waals surface area (Å²) in [5.74, 6) is 0.301. The fourth-order valence-corrected chi connectivity index (χ4v) is 3.48. The lowest BCUT2D eigenvalue weighted by Gasteiger charge is -2.16. The van der Waals surface area contributed by atoms with Crippen molar-refractivity contribution >= 4 is 16.9 Å². The molecule has 0 amide bonds. The number of anilines is 1. The van der Waals surface area contributed by atoms with E-state index in [-0.39, 0.29) is 35.3 Å². The Hall–Kier alpha value is -4.13. The van der Waals surface area contributed by atoms with Crippen LogP contribution in [0.25, 0.3) is 22.3 Å². The highest BCUT2D eigenvalue weighted by Crippen LogP contribution is 2.39. The Morgan fingerprint density at radius 2 is 1.94 bits per heavy atom. The van der Waals surface area contributed by atoms with Gasteiger partial charge in [-0.05, 0) is 50.2 Å². The zero-order valence-electron chi connectivity index (χ0n) is 18.7. The first-order valence-electron chi connectivity index (χ1n) is 10.4.